The Hall–Kier alpha value is -1.55. The summed E-state index contributed by atoms with van der Waals surface area (Å²) in [4.78, 5) is 12.5. The fraction of sp³-hybridized carbons (Fsp3) is 0.588. The van der Waals surface area contributed by atoms with E-state index < -0.39 is 17.1 Å². The Bertz CT molecular complexity index is 755. The van der Waals surface area contributed by atoms with Crippen LogP contribution in [0.1, 0.15) is 36.8 Å². The van der Waals surface area contributed by atoms with E-state index >= 15 is 0 Å². The molecule has 5 aliphatic rings. The predicted molar refractivity (Wildman–Crippen MR) is 72.3 cm³/mol. The summed E-state index contributed by atoms with van der Waals surface area (Å²) in [6.45, 7) is 0. The van der Waals surface area contributed by atoms with E-state index in [0.29, 0.717) is 24.5 Å². The summed E-state index contributed by atoms with van der Waals surface area (Å²) in [5.74, 6) is 0.941. The lowest BCUT2D eigenvalue weighted by Gasteiger charge is -2.49. The maximum Gasteiger partial charge on any atom is 0.174 e. The van der Waals surface area contributed by atoms with Crippen LogP contribution < -0.4 is 4.74 Å². The quantitative estimate of drug-likeness (QED) is 0.757. The van der Waals surface area contributed by atoms with Crippen LogP contribution in [-0.2, 0) is 16.6 Å². The number of phenols is 1. The number of Topliss-reactive ketones (excluding diaryl/α,β-unsaturated/α-hetero) is 1. The monoisotopic (exact) mass is 284 g/mol. The van der Waals surface area contributed by atoms with Crippen LogP contribution in [0.5, 0.6) is 11.5 Å². The van der Waals surface area contributed by atoms with E-state index in [9.17, 15) is 15.0 Å². The molecule has 5 atom stereocenters. The number of benzene rings is 1. The van der Waals surface area contributed by atoms with Gasteiger partial charge in [-0.25, -0.2) is 0 Å². The predicted octanol–water partition coefficient (Wildman–Crippen LogP) is 1.45. The second-order valence-electron chi connectivity index (χ2n) is 7.78. The first kappa shape index (κ1) is 11.1. The van der Waals surface area contributed by atoms with Crippen molar-refractivity contribution in [1.82, 2.24) is 0 Å². The van der Waals surface area contributed by atoms with Crippen LogP contribution in [0.4, 0.5) is 0 Å². The number of aliphatic hydroxyl groups is 1. The molecule has 108 valence electrons. The minimum atomic E-state index is -0.824. The van der Waals surface area contributed by atoms with Crippen LogP contribution >= 0.6 is 0 Å². The number of phenolic OH excluding ortho intramolecular Hbond substituents is 1. The number of aromatic hydroxyl groups is 1. The molecule has 4 aliphatic carbocycles. The Morgan fingerprint density at radius 3 is 3.05 bits per heavy atom. The zero-order chi connectivity index (χ0) is 14.2. The Morgan fingerprint density at radius 2 is 2.19 bits per heavy atom. The Morgan fingerprint density at radius 1 is 1.33 bits per heavy atom. The number of fused-ring (bicyclic) bond motifs is 1. The molecule has 0 amide bonds. The topological polar surface area (TPSA) is 66.8 Å². The average Bonchev–Trinajstić information content (AvgIpc) is 2.95. The molecule has 1 aromatic carbocycles. The molecule has 2 bridgehead atoms. The van der Waals surface area contributed by atoms with Crippen LogP contribution in [0.25, 0.3) is 0 Å². The second kappa shape index (κ2) is 2.72. The first-order chi connectivity index (χ1) is 10.0. The van der Waals surface area contributed by atoms with Gasteiger partial charge in [0.25, 0.3) is 0 Å². The van der Waals surface area contributed by atoms with Crippen molar-refractivity contribution in [3.8, 4) is 11.5 Å². The SMILES string of the molecule is O=C1CC[C@@]2(O)C3C[C@@]34Cc3ccc(O)c5c3[C@@]2(C4)[C@H]1O5. The van der Waals surface area contributed by atoms with Gasteiger partial charge in [-0.1, -0.05) is 6.07 Å². The first-order valence-corrected chi connectivity index (χ1v) is 7.79. The molecule has 3 fully saturated rings. The molecule has 4 nitrogen and oxygen atoms in total. The Labute approximate surface area is 121 Å². The van der Waals surface area contributed by atoms with Gasteiger partial charge >= 0.3 is 0 Å². The molecule has 1 aromatic rings. The zero-order valence-corrected chi connectivity index (χ0v) is 11.6. The molecule has 2 spiro atoms. The molecule has 1 unspecified atom stereocenters. The van der Waals surface area contributed by atoms with E-state index in [1.807, 2.05) is 6.07 Å². The Balaban J connectivity index is 1.76. The molecule has 4 heteroatoms. The minimum Gasteiger partial charge on any atom is -0.504 e. The van der Waals surface area contributed by atoms with E-state index in [1.165, 1.54) is 5.56 Å². The first-order valence-electron chi connectivity index (χ1n) is 7.79. The normalized spacial score (nSPS) is 50.4. The summed E-state index contributed by atoms with van der Waals surface area (Å²) < 4.78 is 5.94. The summed E-state index contributed by atoms with van der Waals surface area (Å²) in [5, 5.41) is 21.7. The largest absolute Gasteiger partial charge is 0.504 e. The summed E-state index contributed by atoms with van der Waals surface area (Å²) in [6, 6.07) is 3.63. The molecular weight excluding hydrogens is 268 g/mol. The number of ether oxygens (including phenoxy) is 1. The number of carbonyl (C=O) groups is 1. The molecule has 3 saturated carbocycles. The molecule has 0 radical (unpaired) electrons. The van der Waals surface area contributed by atoms with Gasteiger partial charge in [0.1, 0.15) is 0 Å². The third kappa shape index (κ3) is 0.854. The fourth-order valence-corrected chi connectivity index (χ4v) is 6.40. The maximum atomic E-state index is 12.5. The third-order valence-electron chi connectivity index (χ3n) is 7.11. The van der Waals surface area contributed by atoms with E-state index in [0.717, 1.165) is 24.8 Å². The van der Waals surface area contributed by atoms with Crippen LogP contribution in [-0.4, -0.2) is 27.7 Å². The molecule has 6 rings (SSSR count). The van der Waals surface area contributed by atoms with Crippen molar-refractivity contribution in [3.05, 3.63) is 23.3 Å². The molecule has 1 heterocycles. The minimum absolute atomic E-state index is 0.0829. The zero-order valence-electron chi connectivity index (χ0n) is 11.6. The van der Waals surface area contributed by atoms with Crippen molar-refractivity contribution >= 4 is 5.78 Å². The van der Waals surface area contributed by atoms with E-state index in [2.05, 4.69) is 0 Å². The van der Waals surface area contributed by atoms with Crippen LogP contribution in [0, 0.1) is 11.3 Å². The molecule has 1 aliphatic heterocycles. The lowest BCUT2D eigenvalue weighted by molar-refractivity contribution is -0.149. The summed E-state index contributed by atoms with van der Waals surface area (Å²) in [6.07, 6.45) is 3.22. The van der Waals surface area contributed by atoms with Gasteiger partial charge < -0.3 is 14.9 Å². The van der Waals surface area contributed by atoms with Crippen molar-refractivity contribution in [1.29, 1.82) is 0 Å². The standard InChI is InChI=1S/C17H16O4/c18-9-2-1-8-5-15-6-11(15)17(20)4-3-10(19)14-16(17,7-15)12(8)13(9)21-14/h1-2,11,14,18,20H,3-7H2/t11?,14-,15+,16-,17+/m0/s1. The average molecular weight is 284 g/mol. The molecular formula is C17H16O4. The van der Waals surface area contributed by atoms with E-state index in [1.54, 1.807) is 6.07 Å². The van der Waals surface area contributed by atoms with Gasteiger partial charge in [0.15, 0.2) is 23.4 Å². The van der Waals surface area contributed by atoms with Crippen LogP contribution in [0.2, 0.25) is 0 Å². The number of rotatable bonds is 0. The van der Waals surface area contributed by atoms with Gasteiger partial charge in [0, 0.05) is 12.0 Å². The van der Waals surface area contributed by atoms with E-state index in [-0.39, 0.29) is 16.9 Å². The van der Waals surface area contributed by atoms with Crippen molar-refractivity contribution in [3.63, 3.8) is 0 Å². The van der Waals surface area contributed by atoms with Crippen molar-refractivity contribution in [2.24, 2.45) is 11.3 Å². The molecule has 2 N–H and O–H groups in total. The number of carbonyl (C=O) groups excluding carboxylic acids is 1. The van der Waals surface area contributed by atoms with Gasteiger partial charge in [-0.15, -0.1) is 0 Å². The molecule has 0 saturated heterocycles. The van der Waals surface area contributed by atoms with Gasteiger partial charge in [0.05, 0.1) is 11.0 Å². The summed E-state index contributed by atoms with van der Waals surface area (Å²) >= 11 is 0. The molecule has 0 aromatic heterocycles. The van der Waals surface area contributed by atoms with Gasteiger partial charge in [-0.2, -0.15) is 0 Å². The number of ketones is 1. The third-order valence-corrected chi connectivity index (χ3v) is 7.11. The van der Waals surface area contributed by atoms with Crippen molar-refractivity contribution in [2.75, 3.05) is 0 Å². The number of hydrogen-bond donors (Lipinski definition) is 2. The van der Waals surface area contributed by atoms with Crippen molar-refractivity contribution in [2.45, 2.75) is 49.2 Å². The smallest absolute Gasteiger partial charge is 0.174 e. The molecule has 21 heavy (non-hydrogen) atoms. The summed E-state index contributed by atoms with van der Waals surface area (Å²) in [7, 11) is 0. The van der Waals surface area contributed by atoms with Gasteiger partial charge in [-0.05, 0) is 48.6 Å². The highest BCUT2D eigenvalue weighted by molar-refractivity contribution is 5.90. The maximum absolute atomic E-state index is 12.5. The highest BCUT2D eigenvalue weighted by Gasteiger charge is 2.85. The fourth-order valence-electron chi connectivity index (χ4n) is 6.40. The number of hydrogen-bond acceptors (Lipinski definition) is 4. The van der Waals surface area contributed by atoms with Crippen LogP contribution in [0.3, 0.4) is 0 Å². The second-order valence-corrected chi connectivity index (χ2v) is 7.78. The lowest BCUT2D eigenvalue weighted by atomic mass is 9.55. The van der Waals surface area contributed by atoms with Crippen LogP contribution in [0.15, 0.2) is 12.1 Å². The summed E-state index contributed by atoms with van der Waals surface area (Å²) in [5.41, 5.74) is 0.876. The highest BCUT2D eigenvalue weighted by atomic mass is 16.5. The van der Waals surface area contributed by atoms with Crippen molar-refractivity contribution < 1.29 is 19.7 Å². The van der Waals surface area contributed by atoms with E-state index in [4.69, 9.17) is 4.74 Å². The van der Waals surface area contributed by atoms with Gasteiger partial charge in [0.2, 0.25) is 0 Å². The highest BCUT2D eigenvalue weighted by Crippen LogP contribution is 2.82. The van der Waals surface area contributed by atoms with Gasteiger partial charge in [-0.3, -0.25) is 4.79 Å². The lowest BCUT2D eigenvalue weighted by Crippen LogP contribution is -2.62. The Kier molecular flexibility index (Phi) is 1.43.